The van der Waals surface area contributed by atoms with E-state index >= 15 is 0 Å². The highest BCUT2D eigenvalue weighted by molar-refractivity contribution is 5.87. The Morgan fingerprint density at radius 2 is 1.83 bits per heavy atom. The number of carbonyl (C=O) groups excluding carboxylic acids is 2. The lowest BCUT2D eigenvalue weighted by molar-refractivity contribution is -0.124. The lowest BCUT2D eigenvalue weighted by atomic mass is 10.0. The van der Waals surface area contributed by atoms with E-state index in [1.54, 1.807) is 39.0 Å². The van der Waals surface area contributed by atoms with Crippen LogP contribution in [0.2, 0.25) is 0 Å². The Kier molecular flexibility index (Phi) is 6.42. The molecule has 0 bridgehead atoms. The maximum Gasteiger partial charge on any atom is 0.408 e. The number of hydrogen-bond acceptors (Lipinski definition) is 4. The number of amides is 2. The maximum absolute atomic E-state index is 12.5. The minimum absolute atomic E-state index is 0.0451. The first-order chi connectivity index (χ1) is 10.6. The molecule has 23 heavy (non-hydrogen) atoms. The molecule has 2 atom stereocenters. The van der Waals surface area contributed by atoms with Gasteiger partial charge in [-0.25, -0.2) is 4.79 Å². The number of nitrogens with one attached hydrogen (secondary N) is 2. The average Bonchev–Trinajstić information content (AvgIpc) is 2.43. The van der Waals surface area contributed by atoms with E-state index in [1.165, 1.54) is 6.07 Å². The molecule has 0 saturated carbocycles. The van der Waals surface area contributed by atoms with Crippen molar-refractivity contribution in [1.29, 1.82) is 0 Å². The van der Waals surface area contributed by atoms with Crippen molar-refractivity contribution in [3.63, 3.8) is 0 Å². The molecule has 6 heteroatoms. The molecule has 0 spiro atoms. The second-order valence-corrected chi connectivity index (χ2v) is 6.46. The van der Waals surface area contributed by atoms with Crippen molar-refractivity contribution in [2.45, 2.75) is 58.7 Å². The second kappa shape index (κ2) is 7.85. The highest BCUT2D eigenvalue weighted by atomic mass is 16.6. The van der Waals surface area contributed by atoms with Crippen molar-refractivity contribution in [2.24, 2.45) is 0 Å². The van der Waals surface area contributed by atoms with Gasteiger partial charge in [0.1, 0.15) is 17.4 Å². The van der Waals surface area contributed by atoms with Crippen LogP contribution in [-0.2, 0) is 9.53 Å². The van der Waals surface area contributed by atoms with Gasteiger partial charge < -0.3 is 20.5 Å². The SMILES string of the molecule is CC[C@@H](C)NC(=O)[C@@H](NC(=O)OC(C)(C)C)c1ccccc1O. The highest BCUT2D eigenvalue weighted by Gasteiger charge is 2.28. The number of alkyl carbamates (subject to hydrolysis) is 1. The summed E-state index contributed by atoms with van der Waals surface area (Å²) >= 11 is 0. The van der Waals surface area contributed by atoms with E-state index in [2.05, 4.69) is 10.6 Å². The van der Waals surface area contributed by atoms with E-state index in [4.69, 9.17) is 4.74 Å². The number of aromatic hydroxyl groups is 1. The van der Waals surface area contributed by atoms with E-state index < -0.39 is 23.6 Å². The van der Waals surface area contributed by atoms with Gasteiger partial charge in [-0.2, -0.15) is 0 Å². The Labute approximate surface area is 137 Å². The van der Waals surface area contributed by atoms with Crippen LogP contribution in [0.1, 0.15) is 52.6 Å². The number of phenols is 1. The summed E-state index contributed by atoms with van der Waals surface area (Å²) in [7, 11) is 0. The predicted molar refractivity (Wildman–Crippen MR) is 88.1 cm³/mol. The Morgan fingerprint density at radius 3 is 2.35 bits per heavy atom. The number of ether oxygens (including phenoxy) is 1. The number of hydrogen-bond donors (Lipinski definition) is 3. The Balaban J connectivity index is 3.00. The van der Waals surface area contributed by atoms with Crippen molar-refractivity contribution in [3.05, 3.63) is 29.8 Å². The molecule has 0 unspecified atom stereocenters. The number of rotatable bonds is 5. The standard InChI is InChI=1S/C17H26N2O4/c1-6-11(2)18-15(21)14(12-9-7-8-10-13(12)20)19-16(22)23-17(3,4)5/h7-11,14,20H,6H2,1-5H3,(H,18,21)(H,19,22)/t11-,14+/m1/s1. The van der Waals surface area contributed by atoms with Gasteiger partial charge in [-0.05, 0) is 40.2 Å². The van der Waals surface area contributed by atoms with Crippen molar-refractivity contribution < 1.29 is 19.4 Å². The van der Waals surface area contributed by atoms with Gasteiger partial charge in [0.2, 0.25) is 5.91 Å². The minimum atomic E-state index is -1.03. The smallest absolute Gasteiger partial charge is 0.408 e. The Hall–Kier alpha value is -2.24. The summed E-state index contributed by atoms with van der Waals surface area (Å²) in [5.41, 5.74) is -0.361. The lowest BCUT2D eigenvalue weighted by Gasteiger charge is -2.25. The van der Waals surface area contributed by atoms with E-state index in [0.29, 0.717) is 5.56 Å². The zero-order valence-electron chi connectivity index (χ0n) is 14.3. The molecule has 0 saturated heterocycles. The number of benzene rings is 1. The quantitative estimate of drug-likeness (QED) is 0.778. The summed E-state index contributed by atoms with van der Waals surface area (Å²) in [6.45, 7) is 9.02. The van der Waals surface area contributed by atoms with Crippen molar-refractivity contribution in [2.75, 3.05) is 0 Å². The van der Waals surface area contributed by atoms with Crippen LogP contribution < -0.4 is 10.6 Å². The van der Waals surface area contributed by atoms with Gasteiger partial charge in [0, 0.05) is 11.6 Å². The van der Waals surface area contributed by atoms with Crippen LogP contribution in [0.15, 0.2) is 24.3 Å². The van der Waals surface area contributed by atoms with Gasteiger partial charge in [-0.3, -0.25) is 4.79 Å². The van der Waals surface area contributed by atoms with Gasteiger partial charge in [0.25, 0.3) is 0 Å². The number of phenolic OH excluding ortho intramolecular Hbond substituents is 1. The summed E-state index contributed by atoms with van der Waals surface area (Å²) in [5, 5.41) is 15.3. The lowest BCUT2D eigenvalue weighted by Crippen LogP contribution is -2.44. The zero-order chi connectivity index (χ0) is 17.6. The predicted octanol–water partition coefficient (Wildman–Crippen LogP) is 2.87. The van der Waals surface area contributed by atoms with Gasteiger partial charge in [-0.1, -0.05) is 25.1 Å². The number of carbonyl (C=O) groups is 2. The summed E-state index contributed by atoms with van der Waals surface area (Å²) in [6, 6.07) is 5.32. The number of para-hydroxylation sites is 1. The molecule has 3 N–H and O–H groups in total. The first-order valence-corrected chi connectivity index (χ1v) is 7.71. The van der Waals surface area contributed by atoms with Crippen molar-refractivity contribution in [3.8, 4) is 5.75 Å². The van der Waals surface area contributed by atoms with Crippen LogP contribution in [-0.4, -0.2) is 28.7 Å². The van der Waals surface area contributed by atoms with E-state index in [9.17, 15) is 14.7 Å². The molecular weight excluding hydrogens is 296 g/mol. The van der Waals surface area contributed by atoms with E-state index in [0.717, 1.165) is 6.42 Å². The van der Waals surface area contributed by atoms with E-state index in [-0.39, 0.29) is 11.8 Å². The third-order valence-electron chi connectivity index (χ3n) is 3.17. The molecule has 0 fully saturated rings. The molecule has 6 nitrogen and oxygen atoms in total. The van der Waals surface area contributed by atoms with Gasteiger partial charge >= 0.3 is 6.09 Å². The van der Waals surface area contributed by atoms with Crippen LogP contribution in [0.4, 0.5) is 4.79 Å². The van der Waals surface area contributed by atoms with Crippen LogP contribution in [0.5, 0.6) is 5.75 Å². The molecular formula is C17H26N2O4. The third-order valence-corrected chi connectivity index (χ3v) is 3.17. The van der Waals surface area contributed by atoms with Gasteiger partial charge in [0.15, 0.2) is 0 Å². The van der Waals surface area contributed by atoms with Crippen LogP contribution >= 0.6 is 0 Å². The van der Waals surface area contributed by atoms with Gasteiger partial charge in [-0.15, -0.1) is 0 Å². The summed E-state index contributed by atoms with van der Waals surface area (Å²) in [4.78, 5) is 24.5. The molecule has 0 aromatic heterocycles. The molecule has 0 aliphatic carbocycles. The molecule has 1 aromatic rings. The van der Waals surface area contributed by atoms with Crippen LogP contribution in [0.3, 0.4) is 0 Å². The van der Waals surface area contributed by atoms with Crippen molar-refractivity contribution >= 4 is 12.0 Å². The molecule has 0 aliphatic rings. The fourth-order valence-electron chi connectivity index (χ4n) is 1.87. The first kappa shape index (κ1) is 18.8. The molecule has 1 aromatic carbocycles. The Bertz CT molecular complexity index is 552. The van der Waals surface area contributed by atoms with Crippen LogP contribution in [0.25, 0.3) is 0 Å². The summed E-state index contributed by atoms with van der Waals surface area (Å²) in [6.07, 6.45) is 0.0381. The van der Waals surface area contributed by atoms with Crippen LogP contribution in [0, 0.1) is 0 Å². The molecule has 0 aliphatic heterocycles. The van der Waals surface area contributed by atoms with E-state index in [1.807, 2.05) is 13.8 Å². The molecule has 0 heterocycles. The molecule has 1 rings (SSSR count). The van der Waals surface area contributed by atoms with Gasteiger partial charge in [0.05, 0.1) is 0 Å². The monoisotopic (exact) mass is 322 g/mol. The van der Waals surface area contributed by atoms with Crippen molar-refractivity contribution in [1.82, 2.24) is 10.6 Å². The summed E-state index contributed by atoms with van der Waals surface area (Å²) < 4.78 is 5.20. The molecule has 2 amide bonds. The first-order valence-electron chi connectivity index (χ1n) is 7.71. The summed E-state index contributed by atoms with van der Waals surface area (Å²) in [5.74, 6) is -0.459. The largest absolute Gasteiger partial charge is 0.508 e. The maximum atomic E-state index is 12.5. The third kappa shape index (κ3) is 6.18. The zero-order valence-corrected chi connectivity index (χ0v) is 14.3. The Morgan fingerprint density at radius 1 is 1.22 bits per heavy atom. The minimum Gasteiger partial charge on any atom is -0.508 e. The normalized spacial score (nSPS) is 13.8. The fraction of sp³-hybridized carbons (Fsp3) is 0.529. The topological polar surface area (TPSA) is 87.7 Å². The fourth-order valence-corrected chi connectivity index (χ4v) is 1.87. The molecule has 0 radical (unpaired) electrons. The molecule has 128 valence electrons. The second-order valence-electron chi connectivity index (χ2n) is 6.46. The average molecular weight is 322 g/mol. The highest BCUT2D eigenvalue weighted by Crippen LogP contribution is 2.24.